The first kappa shape index (κ1) is 20.0. The molecule has 1 heterocycles. The summed E-state index contributed by atoms with van der Waals surface area (Å²) in [5, 5.41) is 5.42. The van der Waals surface area contributed by atoms with Crippen LogP contribution in [-0.2, 0) is 14.6 Å². The number of amides is 2. The summed E-state index contributed by atoms with van der Waals surface area (Å²) in [4.78, 5) is 26.8. The molecule has 0 aromatic heterocycles. The lowest BCUT2D eigenvalue weighted by atomic mass is 10.0. The molecule has 1 atom stereocenters. The van der Waals surface area contributed by atoms with Crippen LogP contribution in [0.1, 0.15) is 22.0 Å². The van der Waals surface area contributed by atoms with Crippen LogP contribution in [-0.4, -0.2) is 56.8 Å². The zero-order valence-corrected chi connectivity index (χ0v) is 16.4. The molecule has 1 saturated heterocycles. The van der Waals surface area contributed by atoms with Gasteiger partial charge in [0, 0.05) is 31.4 Å². The van der Waals surface area contributed by atoms with E-state index in [0.717, 1.165) is 5.56 Å². The summed E-state index contributed by atoms with van der Waals surface area (Å²) in [6, 6.07) is 15.4. The minimum atomic E-state index is -3.05. The predicted octanol–water partition coefficient (Wildman–Crippen LogP) is 1.46. The first-order valence-electron chi connectivity index (χ1n) is 9.02. The zero-order chi connectivity index (χ0) is 20.1. The van der Waals surface area contributed by atoms with Gasteiger partial charge in [-0.3, -0.25) is 14.5 Å². The number of benzene rings is 2. The van der Waals surface area contributed by atoms with Gasteiger partial charge >= 0.3 is 0 Å². The highest BCUT2D eigenvalue weighted by Gasteiger charge is 2.32. The molecule has 1 aliphatic heterocycles. The van der Waals surface area contributed by atoms with Crippen molar-refractivity contribution in [3.8, 4) is 0 Å². The lowest BCUT2D eigenvalue weighted by Crippen LogP contribution is -2.46. The van der Waals surface area contributed by atoms with Gasteiger partial charge in [0.2, 0.25) is 5.91 Å². The number of rotatable bonds is 5. The largest absolute Gasteiger partial charge is 0.355 e. The molecule has 148 valence electrons. The van der Waals surface area contributed by atoms with Crippen LogP contribution in [0.2, 0.25) is 0 Å². The third-order valence-corrected chi connectivity index (χ3v) is 6.34. The first-order valence-corrected chi connectivity index (χ1v) is 10.8. The molecule has 0 saturated carbocycles. The van der Waals surface area contributed by atoms with Crippen LogP contribution >= 0.6 is 0 Å². The van der Waals surface area contributed by atoms with Crippen LogP contribution in [0.5, 0.6) is 0 Å². The van der Waals surface area contributed by atoms with Gasteiger partial charge in [0.1, 0.15) is 6.04 Å². The topological polar surface area (TPSA) is 95.6 Å². The van der Waals surface area contributed by atoms with Crippen molar-refractivity contribution in [3.63, 3.8) is 0 Å². The number of nitrogens with zero attached hydrogens (tertiary/aromatic N) is 1. The maximum absolute atomic E-state index is 13.1. The van der Waals surface area contributed by atoms with Gasteiger partial charge < -0.3 is 10.6 Å². The zero-order valence-electron chi connectivity index (χ0n) is 15.6. The van der Waals surface area contributed by atoms with Crippen molar-refractivity contribution in [2.24, 2.45) is 0 Å². The third kappa shape index (κ3) is 4.76. The molecule has 2 amide bonds. The van der Waals surface area contributed by atoms with Gasteiger partial charge in [-0.2, -0.15) is 0 Å². The summed E-state index contributed by atoms with van der Waals surface area (Å²) >= 11 is 0. The van der Waals surface area contributed by atoms with Gasteiger partial charge in [0.25, 0.3) is 5.91 Å². The lowest BCUT2D eigenvalue weighted by Gasteiger charge is -2.33. The van der Waals surface area contributed by atoms with E-state index in [1.165, 1.54) is 0 Å². The Labute approximate surface area is 164 Å². The van der Waals surface area contributed by atoms with Gasteiger partial charge in [0.15, 0.2) is 9.84 Å². The number of nitrogens with one attached hydrogen (secondary N) is 2. The maximum atomic E-state index is 13.1. The van der Waals surface area contributed by atoms with Gasteiger partial charge in [-0.05, 0) is 23.8 Å². The smallest absolute Gasteiger partial charge is 0.251 e. The Morgan fingerprint density at radius 1 is 1.00 bits per heavy atom. The monoisotopic (exact) mass is 401 g/mol. The molecule has 1 aliphatic rings. The molecular formula is C20H23N3O4S. The molecule has 8 heteroatoms. The van der Waals surface area contributed by atoms with E-state index in [2.05, 4.69) is 10.6 Å². The van der Waals surface area contributed by atoms with Crippen molar-refractivity contribution in [2.75, 3.05) is 37.0 Å². The number of carbonyl (C=O) groups excluding carboxylic acids is 2. The van der Waals surface area contributed by atoms with Crippen LogP contribution in [0, 0.1) is 0 Å². The lowest BCUT2D eigenvalue weighted by molar-refractivity contribution is -0.121. The van der Waals surface area contributed by atoms with Gasteiger partial charge in [-0.25, -0.2) is 8.42 Å². The van der Waals surface area contributed by atoms with Gasteiger partial charge in [0.05, 0.1) is 11.5 Å². The van der Waals surface area contributed by atoms with Gasteiger partial charge in [-0.15, -0.1) is 0 Å². The average Bonchev–Trinajstić information content (AvgIpc) is 2.70. The Bertz CT molecular complexity index is 946. The van der Waals surface area contributed by atoms with Crippen LogP contribution in [0.25, 0.3) is 0 Å². The highest BCUT2D eigenvalue weighted by atomic mass is 32.2. The van der Waals surface area contributed by atoms with Crippen LogP contribution in [0.15, 0.2) is 54.6 Å². The van der Waals surface area contributed by atoms with E-state index in [-0.39, 0.29) is 23.3 Å². The van der Waals surface area contributed by atoms with Crippen LogP contribution in [0.4, 0.5) is 5.69 Å². The molecule has 1 fully saturated rings. The predicted molar refractivity (Wildman–Crippen MR) is 108 cm³/mol. The molecule has 0 radical (unpaired) electrons. The Kier molecular flexibility index (Phi) is 6.11. The Morgan fingerprint density at radius 2 is 1.68 bits per heavy atom. The molecule has 0 bridgehead atoms. The Balaban J connectivity index is 1.84. The second-order valence-electron chi connectivity index (χ2n) is 6.65. The van der Waals surface area contributed by atoms with Crippen molar-refractivity contribution in [1.29, 1.82) is 0 Å². The summed E-state index contributed by atoms with van der Waals surface area (Å²) in [6.07, 6.45) is 0. The van der Waals surface area contributed by atoms with E-state index < -0.39 is 15.9 Å². The van der Waals surface area contributed by atoms with E-state index in [1.807, 2.05) is 35.2 Å². The summed E-state index contributed by atoms with van der Waals surface area (Å²) in [7, 11) is -1.51. The van der Waals surface area contributed by atoms with E-state index in [1.54, 1.807) is 31.3 Å². The molecule has 2 N–H and O–H groups in total. The second-order valence-corrected chi connectivity index (χ2v) is 8.95. The Morgan fingerprint density at radius 3 is 2.32 bits per heavy atom. The number of sulfone groups is 1. The van der Waals surface area contributed by atoms with Crippen molar-refractivity contribution in [1.82, 2.24) is 10.2 Å². The maximum Gasteiger partial charge on any atom is 0.251 e. The molecule has 2 aromatic carbocycles. The fourth-order valence-electron chi connectivity index (χ4n) is 3.24. The summed E-state index contributed by atoms with van der Waals surface area (Å²) in [5.41, 5.74) is 1.75. The highest BCUT2D eigenvalue weighted by Crippen LogP contribution is 2.25. The quantitative estimate of drug-likeness (QED) is 0.791. The Hall–Kier alpha value is -2.71. The number of hydrogen-bond acceptors (Lipinski definition) is 5. The van der Waals surface area contributed by atoms with Crippen molar-refractivity contribution in [2.45, 2.75) is 6.04 Å². The van der Waals surface area contributed by atoms with Crippen molar-refractivity contribution >= 4 is 27.3 Å². The molecular weight excluding hydrogens is 378 g/mol. The number of anilines is 1. The number of carbonyl (C=O) groups is 2. The number of hydrogen-bond donors (Lipinski definition) is 2. The van der Waals surface area contributed by atoms with E-state index in [9.17, 15) is 18.0 Å². The molecule has 0 aliphatic carbocycles. The third-order valence-electron chi connectivity index (χ3n) is 4.73. The van der Waals surface area contributed by atoms with Crippen molar-refractivity contribution in [3.05, 3.63) is 65.7 Å². The summed E-state index contributed by atoms with van der Waals surface area (Å²) < 4.78 is 23.6. The molecule has 7 nitrogen and oxygen atoms in total. The minimum absolute atomic E-state index is 0.0375. The normalized spacial score (nSPS) is 17.5. The van der Waals surface area contributed by atoms with Gasteiger partial charge in [-0.1, -0.05) is 36.4 Å². The van der Waals surface area contributed by atoms with Crippen LogP contribution < -0.4 is 10.6 Å². The first-order chi connectivity index (χ1) is 13.4. The highest BCUT2D eigenvalue weighted by molar-refractivity contribution is 7.91. The SMILES string of the molecule is CNC(=O)c1cccc(NC(=O)C(c2ccccc2)N2CCS(=O)(=O)CC2)c1. The van der Waals surface area contributed by atoms with Crippen molar-refractivity contribution < 1.29 is 18.0 Å². The molecule has 0 spiro atoms. The summed E-state index contributed by atoms with van der Waals surface area (Å²) in [5.74, 6) is -0.428. The van der Waals surface area contributed by atoms with E-state index >= 15 is 0 Å². The molecule has 28 heavy (non-hydrogen) atoms. The minimum Gasteiger partial charge on any atom is -0.355 e. The fourth-order valence-corrected chi connectivity index (χ4v) is 4.47. The average molecular weight is 401 g/mol. The van der Waals surface area contributed by atoms with Crippen LogP contribution in [0.3, 0.4) is 0 Å². The molecule has 1 unspecified atom stereocenters. The second kappa shape index (κ2) is 8.53. The fraction of sp³-hybridized carbons (Fsp3) is 0.300. The summed E-state index contributed by atoms with van der Waals surface area (Å²) in [6.45, 7) is 0.598. The standard InChI is InChI=1S/C20H23N3O4S/c1-21-19(24)16-8-5-9-17(14-16)22-20(25)18(15-6-3-2-4-7-15)23-10-12-28(26,27)13-11-23/h2-9,14,18H,10-13H2,1H3,(H,21,24)(H,22,25). The molecule has 3 rings (SSSR count). The van der Waals surface area contributed by atoms with E-state index in [4.69, 9.17) is 0 Å². The van der Waals surface area contributed by atoms with E-state index in [0.29, 0.717) is 24.3 Å². The molecule has 2 aromatic rings.